The van der Waals surface area contributed by atoms with Gasteiger partial charge in [-0.3, -0.25) is 14.4 Å². The van der Waals surface area contributed by atoms with Crippen LogP contribution in [0.15, 0.2) is 18.2 Å². The highest BCUT2D eigenvalue weighted by Gasteiger charge is 2.14. The number of rotatable bonds is 6. The summed E-state index contributed by atoms with van der Waals surface area (Å²) >= 11 is 0. The molecule has 21 heavy (non-hydrogen) atoms. The van der Waals surface area contributed by atoms with E-state index in [9.17, 15) is 23.2 Å². The summed E-state index contributed by atoms with van der Waals surface area (Å²) in [7, 11) is 1.40. The number of carbonyl (C=O) groups excluding carboxylic acids is 2. The number of carboxylic acid groups (broad SMARTS) is 1. The van der Waals surface area contributed by atoms with Crippen LogP contribution in [0.2, 0.25) is 0 Å². The minimum atomic E-state index is -1.16. The molecule has 0 heterocycles. The molecule has 0 unspecified atom stereocenters. The monoisotopic (exact) mass is 300 g/mol. The van der Waals surface area contributed by atoms with Crippen LogP contribution in [0.4, 0.5) is 8.78 Å². The average Bonchev–Trinajstić information content (AvgIpc) is 2.44. The highest BCUT2D eigenvalue weighted by atomic mass is 19.2. The van der Waals surface area contributed by atoms with E-state index in [4.69, 9.17) is 5.11 Å². The number of benzene rings is 1. The Hall–Kier alpha value is -2.51. The van der Waals surface area contributed by atoms with Gasteiger partial charge in [0.15, 0.2) is 11.6 Å². The second kappa shape index (κ2) is 7.32. The summed E-state index contributed by atoms with van der Waals surface area (Å²) in [6, 6.07) is 2.63. The van der Waals surface area contributed by atoms with Gasteiger partial charge >= 0.3 is 5.97 Å². The summed E-state index contributed by atoms with van der Waals surface area (Å²) in [6.45, 7) is -0.358. The van der Waals surface area contributed by atoms with E-state index in [2.05, 4.69) is 5.32 Å². The Bertz CT molecular complexity index is 563. The number of likely N-dealkylation sites (N-methyl/N-ethyl adjacent to an activating group) is 1. The number of carboxylic acids is 1. The first-order valence-electron chi connectivity index (χ1n) is 6.00. The third-order valence-electron chi connectivity index (χ3n) is 2.67. The van der Waals surface area contributed by atoms with Crippen molar-refractivity contribution in [3.05, 3.63) is 35.4 Å². The normalized spacial score (nSPS) is 10.0. The molecular weight excluding hydrogens is 286 g/mol. The molecule has 0 radical (unpaired) electrons. The van der Waals surface area contributed by atoms with E-state index in [1.54, 1.807) is 0 Å². The number of halogens is 2. The number of hydrogen-bond acceptors (Lipinski definition) is 3. The third-order valence-corrected chi connectivity index (χ3v) is 2.67. The molecular formula is C13H14F2N2O4. The minimum Gasteiger partial charge on any atom is -0.481 e. The second-order valence-corrected chi connectivity index (χ2v) is 4.27. The quantitative estimate of drug-likeness (QED) is 0.806. The molecule has 0 saturated heterocycles. The molecule has 8 heteroatoms. The first-order chi connectivity index (χ1) is 9.81. The molecule has 0 aliphatic carbocycles. The lowest BCUT2D eigenvalue weighted by Gasteiger charge is -2.16. The highest BCUT2D eigenvalue weighted by Crippen LogP contribution is 2.08. The van der Waals surface area contributed by atoms with Gasteiger partial charge in [-0.2, -0.15) is 0 Å². The van der Waals surface area contributed by atoms with Crippen molar-refractivity contribution >= 4 is 17.8 Å². The SMILES string of the molecule is CN(CCC(=O)O)C(=O)CNC(=O)c1ccc(F)c(F)c1. The molecule has 0 fully saturated rings. The zero-order chi connectivity index (χ0) is 16.0. The maximum atomic E-state index is 13.0. The van der Waals surface area contributed by atoms with Crippen molar-refractivity contribution in [1.82, 2.24) is 10.2 Å². The number of aliphatic carboxylic acids is 1. The topological polar surface area (TPSA) is 86.7 Å². The number of amides is 2. The van der Waals surface area contributed by atoms with E-state index in [0.29, 0.717) is 0 Å². The summed E-state index contributed by atoms with van der Waals surface area (Å²) in [6.07, 6.45) is -0.209. The molecule has 2 N–H and O–H groups in total. The Morgan fingerprint density at radius 3 is 2.48 bits per heavy atom. The van der Waals surface area contributed by atoms with Crippen LogP contribution in [0.3, 0.4) is 0 Å². The average molecular weight is 300 g/mol. The van der Waals surface area contributed by atoms with Gasteiger partial charge in [0, 0.05) is 19.2 Å². The molecule has 0 aliphatic heterocycles. The Balaban J connectivity index is 2.50. The van der Waals surface area contributed by atoms with Crippen LogP contribution in [0.1, 0.15) is 16.8 Å². The first-order valence-corrected chi connectivity index (χ1v) is 6.00. The lowest BCUT2D eigenvalue weighted by Crippen LogP contribution is -2.39. The number of carbonyl (C=O) groups is 3. The van der Waals surface area contributed by atoms with Crippen LogP contribution in [0.25, 0.3) is 0 Å². The van der Waals surface area contributed by atoms with Gasteiger partial charge < -0.3 is 15.3 Å². The number of hydrogen-bond donors (Lipinski definition) is 2. The molecule has 0 bridgehead atoms. The Morgan fingerprint density at radius 1 is 1.24 bits per heavy atom. The first kappa shape index (κ1) is 16.5. The summed E-state index contributed by atoms with van der Waals surface area (Å²) in [5, 5.41) is 10.7. The molecule has 114 valence electrons. The molecule has 6 nitrogen and oxygen atoms in total. The van der Waals surface area contributed by atoms with Gasteiger partial charge in [-0.15, -0.1) is 0 Å². The van der Waals surface area contributed by atoms with Gasteiger partial charge in [-0.25, -0.2) is 8.78 Å². The van der Waals surface area contributed by atoms with Crippen molar-refractivity contribution in [1.29, 1.82) is 0 Å². The summed E-state index contributed by atoms with van der Waals surface area (Å²) in [5.41, 5.74) is -0.116. The zero-order valence-corrected chi connectivity index (χ0v) is 11.2. The molecule has 1 rings (SSSR count). The maximum Gasteiger partial charge on any atom is 0.305 e. The van der Waals surface area contributed by atoms with E-state index in [1.165, 1.54) is 7.05 Å². The molecule has 1 aromatic carbocycles. The molecule has 0 atom stereocenters. The molecule has 0 spiro atoms. The van der Waals surface area contributed by atoms with E-state index in [1.807, 2.05) is 0 Å². The van der Waals surface area contributed by atoms with Gasteiger partial charge in [-0.1, -0.05) is 0 Å². The third kappa shape index (κ3) is 5.17. The standard InChI is InChI=1S/C13H14F2N2O4/c1-17(5-4-12(19)20)11(18)7-16-13(21)8-2-3-9(14)10(15)6-8/h2-3,6H,4-5,7H2,1H3,(H,16,21)(H,19,20). The molecule has 0 aromatic heterocycles. The molecule has 1 aromatic rings. The minimum absolute atomic E-state index is 0.00914. The number of nitrogens with one attached hydrogen (secondary N) is 1. The van der Waals surface area contributed by atoms with Gasteiger partial charge in [0.2, 0.25) is 5.91 Å². The Labute approximate surface area is 119 Å². The van der Waals surface area contributed by atoms with Crippen molar-refractivity contribution in [2.45, 2.75) is 6.42 Å². The fraction of sp³-hybridized carbons (Fsp3) is 0.308. The Morgan fingerprint density at radius 2 is 1.90 bits per heavy atom. The fourth-order valence-corrected chi connectivity index (χ4v) is 1.42. The van der Waals surface area contributed by atoms with Crippen LogP contribution < -0.4 is 5.32 Å². The van der Waals surface area contributed by atoms with Gasteiger partial charge in [0.25, 0.3) is 5.91 Å². The van der Waals surface area contributed by atoms with Crippen molar-refractivity contribution in [2.24, 2.45) is 0 Å². The zero-order valence-electron chi connectivity index (χ0n) is 11.2. The largest absolute Gasteiger partial charge is 0.481 e. The molecule has 0 saturated carbocycles. The second-order valence-electron chi connectivity index (χ2n) is 4.27. The van der Waals surface area contributed by atoms with Gasteiger partial charge in [0.1, 0.15) is 0 Å². The van der Waals surface area contributed by atoms with E-state index in [0.717, 1.165) is 23.1 Å². The van der Waals surface area contributed by atoms with E-state index < -0.39 is 29.4 Å². The molecule has 2 amide bonds. The van der Waals surface area contributed by atoms with Gasteiger partial charge in [0.05, 0.1) is 13.0 Å². The highest BCUT2D eigenvalue weighted by molar-refractivity contribution is 5.96. The fourth-order valence-electron chi connectivity index (χ4n) is 1.42. The number of nitrogens with zero attached hydrogens (tertiary/aromatic N) is 1. The van der Waals surface area contributed by atoms with Crippen molar-refractivity contribution in [3.63, 3.8) is 0 Å². The van der Waals surface area contributed by atoms with Crippen molar-refractivity contribution < 1.29 is 28.3 Å². The predicted octanol–water partition coefficient (Wildman–Crippen LogP) is 0.628. The smallest absolute Gasteiger partial charge is 0.305 e. The van der Waals surface area contributed by atoms with Crippen LogP contribution >= 0.6 is 0 Å². The summed E-state index contributed by atoms with van der Waals surface area (Å²) in [4.78, 5) is 34.7. The van der Waals surface area contributed by atoms with E-state index in [-0.39, 0.29) is 25.1 Å². The van der Waals surface area contributed by atoms with Crippen molar-refractivity contribution in [3.8, 4) is 0 Å². The molecule has 0 aliphatic rings. The van der Waals surface area contributed by atoms with E-state index >= 15 is 0 Å². The Kier molecular flexibility index (Phi) is 5.77. The lowest BCUT2D eigenvalue weighted by molar-refractivity contribution is -0.138. The predicted molar refractivity (Wildman–Crippen MR) is 68.6 cm³/mol. The summed E-state index contributed by atoms with van der Waals surface area (Å²) < 4.78 is 25.7. The lowest BCUT2D eigenvalue weighted by atomic mass is 10.2. The van der Waals surface area contributed by atoms with Crippen LogP contribution in [0.5, 0.6) is 0 Å². The van der Waals surface area contributed by atoms with Crippen LogP contribution in [0, 0.1) is 11.6 Å². The van der Waals surface area contributed by atoms with Gasteiger partial charge in [-0.05, 0) is 18.2 Å². The van der Waals surface area contributed by atoms with Crippen LogP contribution in [-0.4, -0.2) is 47.9 Å². The van der Waals surface area contributed by atoms with Crippen molar-refractivity contribution in [2.75, 3.05) is 20.1 Å². The maximum absolute atomic E-state index is 13.0. The summed E-state index contributed by atoms with van der Waals surface area (Å²) in [5.74, 6) is -4.50. The van der Waals surface area contributed by atoms with Crippen LogP contribution in [-0.2, 0) is 9.59 Å².